The van der Waals surface area contributed by atoms with Gasteiger partial charge in [0, 0.05) is 11.1 Å². The Morgan fingerprint density at radius 3 is 2.42 bits per heavy atom. The van der Waals surface area contributed by atoms with E-state index in [0.29, 0.717) is 28.6 Å². The first-order valence-electron chi connectivity index (χ1n) is 7.83. The zero-order chi connectivity index (χ0) is 18.9. The van der Waals surface area contributed by atoms with Crippen LogP contribution in [-0.2, 0) is 16.6 Å². The zero-order valence-corrected chi connectivity index (χ0v) is 16.5. The molecule has 0 bridgehead atoms. The number of hydrogen-bond donors (Lipinski definition) is 1. The molecule has 8 heteroatoms. The topological polar surface area (TPSA) is 64.0 Å². The fourth-order valence-electron chi connectivity index (χ4n) is 2.53. The van der Waals surface area contributed by atoms with Gasteiger partial charge in [-0.05, 0) is 37.1 Å². The molecule has 0 fully saturated rings. The number of aromatic nitrogens is 2. The minimum atomic E-state index is -3.89. The van der Waals surface area contributed by atoms with Gasteiger partial charge in [-0.25, -0.2) is 13.1 Å². The highest BCUT2D eigenvalue weighted by Crippen LogP contribution is 2.29. The number of hydrogen-bond acceptors (Lipinski definition) is 3. The SMILES string of the molecule is Cc1cc(NS(=O)(=O)c2cc(C)c(Cl)cc2Cl)n(Cc2ccccc2)n1. The summed E-state index contributed by atoms with van der Waals surface area (Å²) in [5, 5.41) is 4.86. The van der Waals surface area contributed by atoms with Crippen LogP contribution in [-0.4, -0.2) is 18.2 Å². The standard InChI is InChI=1S/C18H17Cl2N3O2S/c1-12-8-17(16(20)10-15(12)19)26(24,25)22-18-9-13(2)21-23(18)11-14-6-4-3-5-7-14/h3-10,22H,11H2,1-2H3. The van der Waals surface area contributed by atoms with Crippen LogP contribution in [0.2, 0.25) is 10.0 Å². The van der Waals surface area contributed by atoms with Crippen LogP contribution in [0.3, 0.4) is 0 Å². The van der Waals surface area contributed by atoms with Gasteiger partial charge in [-0.1, -0.05) is 53.5 Å². The lowest BCUT2D eigenvalue weighted by molar-refractivity contribution is 0.599. The molecule has 0 saturated carbocycles. The fourth-order valence-corrected chi connectivity index (χ4v) is 4.42. The molecule has 0 spiro atoms. The van der Waals surface area contributed by atoms with Gasteiger partial charge in [0.25, 0.3) is 10.0 Å². The van der Waals surface area contributed by atoms with Crippen molar-refractivity contribution < 1.29 is 8.42 Å². The van der Waals surface area contributed by atoms with Crippen molar-refractivity contribution in [3.05, 3.63) is 75.4 Å². The first-order valence-corrected chi connectivity index (χ1v) is 10.1. The summed E-state index contributed by atoms with van der Waals surface area (Å²) in [5.74, 6) is 0.370. The minimum Gasteiger partial charge on any atom is -0.263 e. The molecule has 5 nitrogen and oxygen atoms in total. The average molecular weight is 410 g/mol. The molecule has 2 aromatic carbocycles. The number of benzene rings is 2. The summed E-state index contributed by atoms with van der Waals surface area (Å²) in [5.41, 5.74) is 2.35. The fraction of sp³-hybridized carbons (Fsp3) is 0.167. The third-order valence-corrected chi connectivity index (χ3v) is 6.05. The summed E-state index contributed by atoms with van der Waals surface area (Å²) in [6.45, 7) is 3.97. The number of sulfonamides is 1. The quantitative estimate of drug-likeness (QED) is 0.666. The Bertz CT molecular complexity index is 1050. The van der Waals surface area contributed by atoms with Gasteiger partial charge >= 0.3 is 0 Å². The summed E-state index contributed by atoms with van der Waals surface area (Å²) in [6.07, 6.45) is 0. The van der Waals surface area contributed by atoms with Crippen LogP contribution in [0.1, 0.15) is 16.8 Å². The van der Waals surface area contributed by atoms with Gasteiger partial charge in [-0.15, -0.1) is 0 Å². The van der Waals surface area contributed by atoms with Gasteiger partial charge in [0.15, 0.2) is 0 Å². The van der Waals surface area contributed by atoms with Crippen molar-refractivity contribution in [1.82, 2.24) is 9.78 Å². The first kappa shape index (κ1) is 18.8. The Hall–Kier alpha value is -2.02. The lowest BCUT2D eigenvalue weighted by atomic mass is 10.2. The van der Waals surface area contributed by atoms with Crippen LogP contribution in [0, 0.1) is 13.8 Å². The molecule has 0 radical (unpaired) electrons. The van der Waals surface area contributed by atoms with Crippen molar-refractivity contribution in [1.29, 1.82) is 0 Å². The Labute approximate surface area is 162 Å². The van der Waals surface area contributed by atoms with Crippen LogP contribution < -0.4 is 4.72 Å². The van der Waals surface area contributed by atoms with Crippen molar-refractivity contribution in [3.63, 3.8) is 0 Å². The third-order valence-electron chi connectivity index (χ3n) is 3.82. The second-order valence-corrected chi connectivity index (χ2v) is 8.42. The molecule has 26 heavy (non-hydrogen) atoms. The van der Waals surface area contributed by atoms with E-state index in [9.17, 15) is 8.42 Å². The Balaban J connectivity index is 1.95. The van der Waals surface area contributed by atoms with Crippen molar-refractivity contribution >= 4 is 39.0 Å². The van der Waals surface area contributed by atoms with Crippen LogP contribution >= 0.6 is 23.2 Å². The first-order chi connectivity index (χ1) is 12.3. The smallest absolute Gasteiger partial charge is 0.263 e. The third kappa shape index (κ3) is 4.03. The highest BCUT2D eigenvalue weighted by molar-refractivity contribution is 7.92. The van der Waals surface area contributed by atoms with E-state index in [1.54, 1.807) is 24.6 Å². The van der Waals surface area contributed by atoms with Crippen LogP contribution in [0.25, 0.3) is 0 Å². The van der Waals surface area contributed by atoms with Gasteiger partial charge in [-0.3, -0.25) is 4.72 Å². The molecule has 0 aliphatic carbocycles. The maximum Gasteiger partial charge on any atom is 0.264 e. The van der Waals surface area contributed by atoms with Gasteiger partial charge in [0.2, 0.25) is 0 Å². The number of anilines is 1. The van der Waals surface area contributed by atoms with Crippen molar-refractivity contribution in [3.8, 4) is 0 Å². The summed E-state index contributed by atoms with van der Waals surface area (Å²) in [6, 6.07) is 14.2. The van der Waals surface area contributed by atoms with E-state index in [-0.39, 0.29) is 9.92 Å². The number of aryl methyl sites for hydroxylation is 2. The second-order valence-electron chi connectivity index (χ2n) is 5.95. The van der Waals surface area contributed by atoms with E-state index in [4.69, 9.17) is 23.2 Å². The van der Waals surface area contributed by atoms with E-state index < -0.39 is 10.0 Å². The monoisotopic (exact) mass is 409 g/mol. The highest BCUT2D eigenvalue weighted by atomic mass is 35.5. The maximum absolute atomic E-state index is 12.8. The summed E-state index contributed by atoms with van der Waals surface area (Å²) >= 11 is 12.1. The summed E-state index contributed by atoms with van der Waals surface area (Å²) in [4.78, 5) is -0.0221. The molecule has 0 unspecified atom stereocenters. The molecule has 136 valence electrons. The largest absolute Gasteiger partial charge is 0.264 e. The van der Waals surface area contributed by atoms with Crippen LogP contribution in [0.4, 0.5) is 5.82 Å². The molecule has 0 amide bonds. The number of nitrogens with one attached hydrogen (secondary N) is 1. The molecule has 0 aliphatic heterocycles. The lowest BCUT2D eigenvalue weighted by Gasteiger charge is -2.13. The average Bonchev–Trinajstić information content (AvgIpc) is 2.90. The molecule has 1 aromatic heterocycles. The number of nitrogens with zero attached hydrogens (tertiary/aromatic N) is 2. The van der Waals surface area contributed by atoms with Gasteiger partial charge < -0.3 is 0 Å². The summed E-state index contributed by atoms with van der Waals surface area (Å²) < 4.78 is 29.8. The highest BCUT2D eigenvalue weighted by Gasteiger charge is 2.21. The lowest BCUT2D eigenvalue weighted by Crippen LogP contribution is -2.17. The molecular formula is C18H17Cl2N3O2S. The molecule has 0 saturated heterocycles. The predicted molar refractivity (Wildman–Crippen MR) is 105 cm³/mol. The van der Waals surface area contributed by atoms with Gasteiger partial charge in [0.05, 0.1) is 17.3 Å². The van der Waals surface area contributed by atoms with Crippen LogP contribution in [0.5, 0.6) is 0 Å². The summed E-state index contributed by atoms with van der Waals surface area (Å²) in [7, 11) is -3.89. The van der Waals surface area contributed by atoms with Gasteiger partial charge in [-0.2, -0.15) is 5.10 Å². The molecular weight excluding hydrogens is 393 g/mol. The molecule has 0 aliphatic rings. The Kier molecular flexibility index (Phi) is 5.27. The minimum absolute atomic E-state index is 0.0221. The van der Waals surface area contributed by atoms with E-state index in [2.05, 4.69) is 9.82 Å². The van der Waals surface area contributed by atoms with E-state index in [1.165, 1.54) is 12.1 Å². The number of halogens is 2. The zero-order valence-electron chi connectivity index (χ0n) is 14.2. The van der Waals surface area contributed by atoms with Crippen LogP contribution in [0.15, 0.2) is 53.4 Å². The maximum atomic E-state index is 12.8. The second kappa shape index (κ2) is 7.31. The molecule has 1 heterocycles. The Morgan fingerprint density at radius 2 is 1.73 bits per heavy atom. The molecule has 0 atom stereocenters. The Morgan fingerprint density at radius 1 is 1.04 bits per heavy atom. The normalized spacial score (nSPS) is 11.5. The molecule has 1 N–H and O–H groups in total. The van der Waals surface area contributed by atoms with Crippen molar-refractivity contribution in [2.45, 2.75) is 25.3 Å². The van der Waals surface area contributed by atoms with Crippen molar-refractivity contribution in [2.75, 3.05) is 4.72 Å². The van der Waals surface area contributed by atoms with Gasteiger partial charge in [0.1, 0.15) is 10.7 Å². The molecule has 3 rings (SSSR count). The van der Waals surface area contributed by atoms with E-state index in [1.807, 2.05) is 30.3 Å². The predicted octanol–water partition coefficient (Wildman–Crippen LogP) is 4.66. The number of rotatable bonds is 5. The van der Waals surface area contributed by atoms with E-state index >= 15 is 0 Å². The molecule has 3 aromatic rings. The van der Waals surface area contributed by atoms with Crippen molar-refractivity contribution in [2.24, 2.45) is 0 Å². The van der Waals surface area contributed by atoms with E-state index in [0.717, 1.165) is 5.56 Å².